The predicted octanol–water partition coefficient (Wildman–Crippen LogP) is 3.67. The lowest BCUT2D eigenvalue weighted by atomic mass is 10.0. The van der Waals surface area contributed by atoms with Crippen LogP contribution in [0.4, 0.5) is 20.7 Å². The standard InChI is InChI=1S/C26H34FN5O4/c1-17(2)22(30-23(33)18-6-8-19(27)9-7-18)24(34)29-21-11-10-20(16-28-21)31-12-14-32(15-13-31)25(35)36-26(3,4)5/h6-11,16-17,22H,12-15H2,1-5H3,(H,30,33)(H,28,29,34). The molecule has 194 valence electrons. The maximum atomic E-state index is 13.1. The third kappa shape index (κ3) is 7.40. The molecule has 1 atom stereocenters. The van der Waals surface area contributed by atoms with Crippen molar-refractivity contribution in [3.05, 3.63) is 54.0 Å². The summed E-state index contributed by atoms with van der Waals surface area (Å²) in [6, 6.07) is 7.89. The fraction of sp³-hybridized carbons (Fsp3) is 0.462. The highest BCUT2D eigenvalue weighted by molar-refractivity contribution is 6.01. The maximum absolute atomic E-state index is 13.1. The first-order valence-corrected chi connectivity index (χ1v) is 12.0. The third-order valence-corrected chi connectivity index (χ3v) is 5.64. The maximum Gasteiger partial charge on any atom is 0.410 e. The van der Waals surface area contributed by atoms with Crippen molar-refractivity contribution in [1.29, 1.82) is 0 Å². The fourth-order valence-corrected chi connectivity index (χ4v) is 3.69. The molecule has 1 aromatic heterocycles. The van der Waals surface area contributed by atoms with Gasteiger partial charge in [-0.1, -0.05) is 13.8 Å². The molecule has 2 N–H and O–H groups in total. The van der Waals surface area contributed by atoms with Crippen LogP contribution in [0.2, 0.25) is 0 Å². The largest absolute Gasteiger partial charge is 0.444 e. The van der Waals surface area contributed by atoms with Crippen molar-refractivity contribution >= 4 is 29.4 Å². The number of rotatable bonds is 6. The van der Waals surface area contributed by atoms with Crippen LogP contribution < -0.4 is 15.5 Å². The lowest BCUT2D eigenvalue weighted by Gasteiger charge is -2.36. The van der Waals surface area contributed by atoms with Gasteiger partial charge in [0.15, 0.2) is 0 Å². The van der Waals surface area contributed by atoms with E-state index in [4.69, 9.17) is 4.74 Å². The fourth-order valence-electron chi connectivity index (χ4n) is 3.69. The average Bonchev–Trinajstić information content (AvgIpc) is 2.82. The van der Waals surface area contributed by atoms with Crippen molar-refractivity contribution in [3.63, 3.8) is 0 Å². The van der Waals surface area contributed by atoms with Gasteiger partial charge in [0.05, 0.1) is 11.9 Å². The smallest absolute Gasteiger partial charge is 0.410 e. The Kier molecular flexibility index (Phi) is 8.49. The van der Waals surface area contributed by atoms with Crippen molar-refractivity contribution in [2.24, 2.45) is 5.92 Å². The number of hydrogen-bond donors (Lipinski definition) is 2. The molecule has 0 saturated carbocycles. The molecule has 0 aliphatic carbocycles. The van der Waals surface area contributed by atoms with E-state index < -0.39 is 29.3 Å². The summed E-state index contributed by atoms with van der Waals surface area (Å²) in [5.41, 5.74) is 0.613. The molecule has 1 aliphatic rings. The molecule has 2 aromatic rings. The van der Waals surface area contributed by atoms with Gasteiger partial charge in [0.1, 0.15) is 23.3 Å². The Hall–Kier alpha value is -3.69. The van der Waals surface area contributed by atoms with Crippen molar-refractivity contribution in [1.82, 2.24) is 15.2 Å². The summed E-state index contributed by atoms with van der Waals surface area (Å²) in [5, 5.41) is 5.46. The first kappa shape index (κ1) is 26.9. The Bertz CT molecular complexity index is 1060. The summed E-state index contributed by atoms with van der Waals surface area (Å²) < 4.78 is 18.6. The molecule has 3 rings (SSSR count). The number of nitrogens with zero attached hydrogens (tertiary/aromatic N) is 3. The summed E-state index contributed by atoms with van der Waals surface area (Å²) >= 11 is 0. The van der Waals surface area contributed by atoms with E-state index in [1.165, 1.54) is 24.3 Å². The molecular weight excluding hydrogens is 465 g/mol. The Balaban J connectivity index is 1.55. The Labute approximate surface area is 211 Å². The van der Waals surface area contributed by atoms with Gasteiger partial charge < -0.3 is 25.2 Å². The number of piperazine rings is 1. The van der Waals surface area contributed by atoms with Crippen LogP contribution in [-0.2, 0) is 9.53 Å². The molecule has 10 heteroatoms. The second kappa shape index (κ2) is 11.4. The van der Waals surface area contributed by atoms with Gasteiger partial charge in [-0.2, -0.15) is 0 Å². The van der Waals surface area contributed by atoms with Gasteiger partial charge >= 0.3 is 6.09 Å². The molecule has 1 fully saturated rings. The number of halogens is 1. The topological polar surface area (TPSA) is 104 Å². The number of amides is 3. The van der Waals surface area contributed by atoms with Crippen molar-refractivity contribution < 1.29 is 23.5 Å². The highest BCUT2D eigenvalue weighted by Gasteiger charge is 2.27. The zero-order valence-electron chi connectivity index (χ0n) is 21.4. The summed E-state index contributed by atoms with van der Waals surface area (Å²) in [6.45, 7) is 11.5. The highest BCUT2D eigenvalue weighted by atomic mass is 19.1. The number of ether oxygens (including phenoxy) is 1. The molecule has 3 amide bonds. The van der Waals surface area contributed by atoms with Gasteiger partial charge in [-0.05, 0) is 63.1 Å². The Morgan fingerprint density at radius 3 is 2.17 bits per heavy atom. The first-order chi connectivity index (χ1) is 16.9. The van der Waals surface area contributed by atoms with Crippen molar-refractivity contribution in [3.8, 4) is 0 Å². The molecule has 1 saturated heterocycles. The van der Waals surface area contributed by atoms with Crippen LogP contribution in [-0.4, -0.2) is 65.6 Å². The quantitative estimate of drug-likeness (QED) is 0.629. The molecule has 36 heavy (non-hydrogen) atoms. The number of benzene rings is 1. The molecule has 0 radical (unpaired) electrons. The van der Waals surface area contributed by atoms with E-state index in [1.54, 1.807) is 17.2 Å². The van der Waals surface area contributed by atoms with Crippen LogP contribution in [0.5, 0.6) is 0 Å². The average molecular weight is 500 g/mol. The normalized spacial score (nSPS) is 14.9. The van der Waals surface area contributed by atoms with Crippen LogP contribution in [0.3, 0.4) is 0 Å². The zero-order chi connectivity index (χ0) is 26.5. The van der Waals surface area contributed by atoms with Crippen LogP contribution in [0.25, 0.3) is 0 Å². The minimum Gasteiger partial charge on any atom is -0.444 e. The van der Waals surface area contributed by atoms with E-state index in [0.29, 0.717) is 32.0 Å². The van der Waals surface area contributed by atoms with E-state index in [1.807, 2.05) is 40.7 Å². The highest BCUT2D eigenvalue weighted by Crippen LogP contribution is 2.19. The van der Waals surface area contributed by atoms with Crippen LogP contribution in [0.1, 0.15) is 45.0 Å². The van der Waals surface area contributed by atoms with E-state index in [0.717, 1.165) is 5.69 Å². The molecule has 0 bridgehead atoms. The predicted molar refractivity (Wildman–Crippen MR) is 135 cm³/mol. The summed E-state index contributed by atoms with van der Waals surface area (Å²) in [5.74, 6) is -1.12. The Morgan fingerprint density at radius 2 is 1.64 bits per heavy atom. The number of aromatic nitrogens is 1. The second-order valence-electron chi connectivity index (χ2n) is 10.0. The van der Waals surface area contributed by atoms with E-state index in [9.17, 15) is 18.8 Å². The number of anilines is 2. The lowest BCUT2D eigenvalue weighted by molar-refractivity contribution is -0.118. The molecule has 1 unspecified atom stereocenters. The van der Waals surface area contributed by atoms with Crippen LogP contribution >= 0.6 is 0 Å². The molecular formula is C26H34FN5O4. The number of hydrogen-bond acceptors (Lipinski definition) is 6. The van der Waals surface area contributed by atoms with Gasteiger partial charge in [-0.25, -0.2) is 14.2 Å². The summed E-state index contributed by atoms with van der Waals surface area (Å²) in [4.78, 5) is 45.8. The van der Waals surface area contributed by atoms with Gasteiger partial charge in [-0.3, -0.25) is 9.59 Å². The second-order valence-corrected chi connectivity index (χ2v) is 10.0. The number of carbonyl (C=O) groups excluding carboxylic acids is 3. The molecule has 1 aromatic carbocycles. The van der Waals surface area contributed by atoms with E-state index >= 15 is 0 Å². The first-order valence-electron chi connectivity index (χ1n) is 12.0. The van der Waals surface area contributed by atoms with Gasteiger partial charge in [0.2, 0.25) is 5.91 Å². The number of carbonyl (C=O) groups is 3. The van der Waals surface area contributed by atoms with E-state index in [2.05, 4.69) is 20.5 Å². The third-order valence-electron chi connectivity index (χ3n) is 5.64. The van der Waals surface area contributed by atoms with Gasteiger partial charge in [-0.15, -0.1) is 0 Å². The molecule has 2 heterocycles. The van der Waals surface area contributed by atoms with E-state index in [-0.39, 0.29) is 17.6 Å². The SMILES string of the molecule is CC(C)C(NC(=O)c1ccc(F)cc1)C(=O)Nc1ccc(N2CCN(C(=O)OC(C)(C)C)CC2)cn1. The Morgan fingerprint density at radius 1 is 1.00 bits per heavy atom. The number of pyridine rings is 1. The zero-order valence-corrected chi connectivity index (χ0v) is 21.4. The minimum absolute atomic E-state index is 0.185. The van der Waals surface area contributed by atoms with Crippen LogP contribution in [0.15, 0.2) is 42.6 Å². The lowest BCUT2D eigenvalue weighted by Crippen LogP contribution is -2.50. The summed E-state index contributed by atoms with van der Waals surface area (Å²) in [7, 11) is 0. The number of nitrogens with one attached hydrogen (secondary N) is 2. The van der Waals surface area contributed by atoms with Gasteiger partial charge in [0, 0.05) is 31.7 Å². The van der Waals surface area contributed by atoms with Crippen molar-refractivity contribution in [2.75, 3.05) is 36.4 Å². The molecule has 9 nitrogen and oxygen atoms in total. The summed E-state index contributed by atoms with van der Waals surface area (Å²) in [6.07, 6.45) is 1.35. The molecule has 1 aliphatic heterocycles. The van der Waals surface area contributed by atoms with Gasteiger partial charge in [0.25, 0.3) is 5.91 Å². The van der Waals surface area contributed by atoms with Crippen LogP contribution in [0, 0.1) is 11.7 Å². The van der Waals surface area contributed by atoms with Crippen molar-refractivity contribution in [2.45, 2.75) is 46.3 Å². The molecule has 0 spiro atoms. The monoisotopic (exact) mass is 499 g/mol. The minimum atomic E-state index is -0.801.